The number of morpholine rings is 1. The number of benzene rings is 1. The molecule has 1 fully saturated rings. The van der Waals surface area contributed by atoms with Gasteiger partial charge >= 0.3 is 0 Å². The Kier molecular flexibility index (Phi) is 6.77. The molecule has 0 bridgehead atoms. The molecule has 3 aromatic rings. The van der Waals surface area contributed by atoms with Crippen molar-refractivity contribution in [2.24, 2.45) is 0 Å². The zero-order valence-electron chi connectivity index (χ0n) is 18.4. The summed E-state index contributed by atoms with van der Waals surface area (Å²) in [5, 5.41) is 4.52. The van der Waals surface area contributed by atoms with E-state index in [0.717, 1.165) is 44.2 Å². The molecule has 1 saturated heterocycles. The van der Waals surface area contributed by atoms with Crippen LogP contribution in [0.4, 0.5) is 5.95 Å². The molecule has 2 N–H and O–H groups in total. The fraction of sp³-hybridized carbons (Fsp3) is 0.391. The molecule has 0 spiro atoms. The standard InChI is InChI=1S/C23H28N6O3/c1-16(2)29-21(30)7-6-20(27-29)19-15-25-23(24)26-22(19)17-4-3-5-18(14-17)32-13-10-28-8-11-31-12-9-28/h3-7,14-16H,8-13H2,1-2H3,(H2,24,25,26). The maximum Gasteiger partial charge on any atom is 0.267 e. The fourth-order valence-electron chi connectivity index (χ4n) is 3.59. The minimum atomic E-state index is -0.155. The number of nitrogens with zero attached hydrogens (tertiary/aromatic N) is 5. The summed E-state index contributed by atoms with van der Waals surface area (Å²) < 4.78 is 12.8. The van der Waals surface area contributed by atoms with Crippen molar-refractivity contribution >= 4 is 5.95 Å². The first-order chi connectivity index (χ1) is 15.5. The van der Waals surface area contributed by atoms with Gasteiger partial charge in [-0.15, -0.1) is 0 Å². The molecule has 4 rings (SSSR count). The normalized spacial score (nSPS) is 14.6. The molecule has 1 aromatic carbocycles. The van der Waals surface area contributed by atoms with Crippen LogP contribution in [0.3, 0.4) is 0 Å². The van der Waals surface area contributed by atoms with Crippen LogP contribution in [0, 0.1) is 0 Å². The van der Waals surface area contributed by atoms with Crippen LogP contribution in [0.15, 0.2) is 47.4 Å². The molecular weight excluding hydrogens is 408 g/mol. The van der Waals surface area contributed by atoms with Crippen LogP contribution in [-0.2, 0) is 4.74 Å². The van der Waals surface area contributed by atoms with Crippen molar-refractivity contribution in [3.63, 3.8) is 0 Å². The highest BCUT2D eigenvalue weighted by atomic mass is 16.5. The smallest absolute Gasteiger partial charge is 0.267 e. The van der Waals surface area contributed by atoms with E-state index in [0.29, 0.717) is 23.6 Å². The lowest BCUT2D eigenvalue weighted by molar-refractivity contribution is 0.0322. The number of rotatable bonds is 7. The van der Waals surface area contributed by atoms with E-state index in [1.807, 2.05) is 38.1 Å². The lowest BCUT2D eigenvalue weighted by Gasteiger charge is -2.26. The molecule has 3 heterocycles. The van der Waals surface area contributed by atoms with Gasteiger partial charge in [0.05, 0.1) is 30.6 Å². The van der Waals surface area contributed by atoms with E-state index >= 15 is 0 Å². The average molecular weight is 437 g/mol. The van der Waals surface area contributed by atoms with Crippen LogP contribution in [0.25, 0.3) is 22.5 Å². The second-order valence-electron chi connectivity index (χ2n) is 7.92. The van der Waals surface area contributed by atoms with Crippen molar-refractivity contribution in [1.29, 1.82) is 0 Å². The zero-order chi connectivity index (χ0) is 22.5. The lowest BCUT2D eigenvalue weighted by Crippen LogP contribution is -2.38. The van der Waals surface area contributed by atoms with E-state index in [2.05, 4.69) is 20.0 Å². The first-order valence-electron chi connectivity index (χ1n) is 10.8. The Hall–Kier alpha value is -3.30. The molecule has 9 nitrogen and oxygen atoms in total. The molecule has 1 aliphatic heterocycles. The van der Waals surface area contributed by atoms with Gasteiger partial charge in [-0.1, -0.05) is 12.1 Å². The zero-order valence-corrected chi connectivity index (χ0v) is 18.4. The molecule has 0 unspecified atom stereocenters. The molecule has 168 valence electrons. The van der Waals surface area contributed by atoms with Crippen molar-refractivity contribution < 1.29 is 9.47 Å². The summed E-state index contributed by atoms with van der Waals surface area (Å²) in [7, 11) is 0. The van der Waals surface area contributed by atoms with Gasteiger partial charge in [-0.2, -0.15) is 5.10 Å². The van der Waals surface area contributed by atoms with Crippen LogP contribution in [-0.4, -0.2) is 64.1 Å². The number of nitrogens with two attached hydrogens (primary N) is 1. The SMILES string of the molecule is CC(C)n1nc(-c2cnc(N)nc2-c2cccc(OCCN3CCOCC3)c2)ccc1=O. The number of aromatic nitrogens is 4. The Morgan fingerprint density at radius 1 is 1.19 bits per heavy atom. The molecule has 0 atom stereocenters. The number of hydrogen-bond donors (Lipinski definition) is 1. The van der Waals surface area contributed by atoms with Crippen molar-refractivity contribution in [2.75, 3.05) is 45.2 Å². The van der Waals surface area contributed by atoms with Crippen LogP contribution in [0.1, 0.15) is 19.9 Å². The first kappa shape index (κ1) is 21.9. The van der Waals surface area contributed by atoms with Gasteiger partial charge < -0.3 is 15.2 Å². The van der Waals surface area contributed by atoms with Crippen LogP contribution in [0.2, 0.25) is 0 Å². The Labute approximate surface area is 186 Å². The maximum atomic E-state index is 12.1. The van der Waals surface area contributed by atoms with E-state index < -0.39 is 0 Å². The number of ether oxygens (including phenoxy) is 2. The lowest BCUT2D eigenvalue weighted by atomic mass is 10.0. The third kappa shape index (κ3) is 5.12. The van der Waals surface area contributed by atoms with E-state index in [-0.39, 0.29) is 17.5 Å². The predicted octanol–water partition coefficient (Wildman–Crippen LogP) is 2.24. The van der Waals surface area contributed by atoms with Crippen molar-refractivity contribution in [1.82, 2.24) is 24.6 Å². The van der Waals surface area contributed by atoms with Gasteiger partial charge in [0.15, 0.2) is 0 Å². The van der Waals surface area contributed by atoms with Crippen LogP contribution < -0.4 is 16.0 Å². The summed E-state index contributed by atoms with van der Waals surface area (Å²) in [4.78, 5) is 23.1. The van der Waals surface area contributed by atoms with Crippen molar-refractivity contribution in [3.05, 3.63) is 52.9 Å². The molecule has 32 heavy (non-hydrogen) atoms. The third-order valence-electron chi connectivity index (χ3n) is 5.28. The van der Waals surface area contributed by atoms with Gasteiger partial charge in [-0.05, 0) is 32.0 Å². The molecule has 2 aromatic heterocycles. The van der Waals surface area contributed by atoms with Gasteiger partial charge in [0, 0.05) is 43.0 Å². The van der Waals surface area contributed by atoms with E-state index in [4.69, 9.17) is 15.2 Å². The summed E-state index contributed by atoms with van der Waals surface area (Å²) in [6.45, 7) is 8.66. The summed E-state index contributed by atoms with van der Waals surface area (Å²) in [6.07, 6.45) is 1.64. The quantitative estimate of drug-likeness (QED) is 0.601. The molecule has 0 amide bonds. The van der Waals surface area contributed by atoms with Crippen LogP contribution >= 0.6 is 0 Å². The summed E-state index contributed by atoms with van der Waals surface area (Å²) in [5.41, 5.74) is 8.52. The number of nitrogen functional groups attached to an aromatic ring is 1. The fourth-order valence-corrected chi connectivity index (χ4v) is 3.59. The molecule has 1 aliphatic rings. The largest absolute Gasteiger partial charge is 0.492 e. The maximum absolute atomic E-state index is 12.1. The number of hydrogen-bond acceptors (Lipinski definition) is 8. The third-order valence-corrected chi connectivity index (χ3v) is 5.28. The second kappa shape index (κ2) is 9.88. The topological polar surface area (TPSA) is 108 Å². The monoisotopic (exact) mass is 436 g/mol. The Bertz CT molecular complexity index is 1120. The highest BCUT2D eigenvalue weighted by molar-refractivity contribution is 5.79. The molecule has 0 saturated carbocycles. The Balaban J connectivity index is 1.60. The van der Waals surface area contributed by atoms with Crippen LogP contribution in [0.5, 0.6) is 5.75 Å². The number of anilines is 1. The van der Waals surface area contributed by atoms with Crippen molar-refractivity contribution in [3.8, 4) is 28.3 Å². The van der Waals surface area contributed by atoms with Gasteiger partial charge in [0.1, 0.15) is 12.4 Å². The first-order valence-corrected chi connectivity index (χ1v) is 10.8. The predicted molar refractivity (Wildman–Crippen MR) is 123 cm³/mol. The summed E-state index contributed by atoms with van der Waals surface area (Å²) >= 11 is 0. The van der Waals surface area contributed by atoms with E-state index in [1.165, 1.54) is 10.7 Å². The minimum absolute atomic E-state index is 0.0659. The van der Waals surface area contributed by atoms with Gasteiger partial charge in [-0.25, -0.2) is 14.6 Å². The van der Waals surface area contributed by atoms with E-state index in [1.54, 1.807) is 12.3 Å². The highest BCUT2D eigenvalue weighted by Crippen LogP contribution is 2.31. The summed E-state index contributed by atoms with van der Waals surface area (Å²) in [5.74, 6) is 0.915. The Morgan fingerprint density at radius 2 is 2.00 bits per heavy atom. The van der Waals surface area contributed by atoms with Gasteiger partial charge in [0.25, 0.3) is 5.56 Å². The minimum Gasteiger partial charge on any atom is -0.492 e. The summed E-state index contributed by atoms with van der Waals surface area (Å²) in [6, 6.07) is 10.8. The second-order valence-corrected chi connectivity index (χ2v) is 7.92. The molecule has 9 heteroatoms. The molecular formula is C23H28N6O3. The molecule has 0 aliphatic carbocycles. The highest BCUT2D eigenvalue weighted by Gasteiger charge is 2.15. The molecule has 0 radical (unpaired) electrons. The Morgan fingerprint density at radius 3 is 2.78 bits per heavy atom. The average Bonchev–Trinajstić information content (AvgIpc) is 2.80. The van der Waals surface area contributed by atoms with Gasteiger partial charge in [-0.3, -0.25) is 9.69 Å². The van der Waals surface area contributed by atoms with E-state index in [9.17, 15) is 4.79 Å². The van der Waals surface area contributed by atoms with Gasteiger partial charge in [0.2, 0.25) is 5.95 Å². The van der Waals surface area contributed by atoms with Crippen molar-refractivity contribution in [2.45, 2.75) is 19.9 Å².